The normalized spacial score (nSPS) is 34.7. The lowest BCUT2D eigenvalue weighted by Gasteiger charge is -2.34. The Morgan fingerprint density at radius 1 is 1.16 bits per heavy atom. The predicted molar refractivity (Wildman–Crippen MR) is 91.8 cm³/mol. The number of benzene rings is 1. The van der Waals surface area contributed by atoms with Gasteiger partial charge in [-0.25, -0.2) is 0 Å². The molecular weight excluding hydrogens is 318 g/mol. The standard InChI is InChI=1S/C20H25NO4/c22-18(21-12-15-8-4-10-20(15,13-21)19(23)24)16-9-5-11-25-17(16)14-6-2-1-3-7-14/h1-3,6-7,15-17H,4-5,8-13H2,(H,23,24)/t15-,16?,17?,20+/m0/s1. The molecule has 2 unspecified atom stereocenters. The van der Waals surface area contributed by atoms with Crippen LogP contribution >= 0.6 is 0 Å². The molecule has 0 radical (unpaired) electrons. The summed E-state index contributed by atoms with van der Waals surface area (Å²) in [5.41, 5.74) is 0.320. The molecule has 4 rings (SSSR count). The molecule has 5 heteroatoms. The van der Waals surface area contributed by atoms with E-state index in [9.17, 15) is 14.7 Å². The van der Waals surface area contributed by atoms with Gasteiger partial charge < -0.3 is 14.7 Å². The molecule has 2 saturated heterocycles. The highest BCUT2D eigenvalue weighted by atomic mass is 16.5. The zero-order valence-corrected chi connectivity index (χ0v) is 14.4. The third-order valence-corrected chi connectivity index (χ3v) is 6.38. The van der Waals surface area contributed by atoms with E-state index >= 15 is 0 Å². The highest BCUT2D eigenvalue weighted by Crippen LogP contribution is 2.49. The third kappa shape index (κ3) is 2.74. The monoisotopic (exact) mass is 343 g/mol. The minimum absolute atomic E-state index is 0.0728. The molecule has 2 aliphatic heterocycles. The van der Waals surface area contributed by atoms with Crippen LogP contribution in [0.5, 0.6) is 0 Å². The number of likely N-dealkylation sites (tertiary alicyclic amines) is 1. The number of nitrogens with zero attached hydrogens (tertiary/aromatic N) is 1. The molecule has 134 valence electrons. The van der Waals surface area contributed by atoms with Crippen LogP contribution in [0.2, 0.25) is 0 Å². The van der Waals surface area contributed by atoms with Gasteiger partial charge in [-0.2, -0.15) is 0 Å². The van der Waals surface area contributed by atoms with Crippen molar-refractivity contribution in [3.63, 3.8) is 0 Å². The Morgan fingerprint density at radius 3 is 2.68 bits per heavy atom. The number of carbonyl (C=O) groups excluding carboxylic acids is 1. The van der Waals surface area contributed by atoms with E-state index in [4.69, 9.17) is 4.74 Å². The Morgan fingerprint density at radius 2 is 1.96 bits per heavy atom. The molecule has 0 bridgehead atoms. The first-order valence-electron chi connectivity index (χ1n) is 9.30. The summed E-state index contributed by atoms with van der Waals surface area (Å²) in [5, 5.41) is 9.75. The van der Waals surface area contributed by atoms with Gasteiger partial charge >= 0.3 is 5.97 Å². The first-order chi connectivity index (χ1) is 12.1. The van der Waals surface area contributed by atoms with E-state index in [0.717, 1.165) is 31.2 Å². The topological polar surface area (TPSA) is 66.8 Å². The second kappa shape index (κ2) is 6.45. The minimum atomic E-state index is -0.732. The van der Waals surface area contributed by atoms with Gasteiger partial charge in [-0.1, -0.05) is 36.8 Å². The molecule has 25 heavy (non-hydrogen) atoms. The van der Waals surface area contributed by atoms with E-state index in [0.29, 0.717) is 26.1 Å². The summed E-state index contributed by atoms with van der Waals surface area (Å²) in [5.74, 6) is -0.761. The van der Waals surface area contributed by atoms with Crippen LogP contribution in [0.1, 0.15) is 43.8 Å². The molecule has 5 nitrogen and oxygen atoms in total. The first kappa shape index (κ1) is 16.6. The highest BCUT2D eigenvalue weighted by Gasteiger charge is 2.56. The summed E-state index contributed by atoms with van der Waals surface area (Å²) in [6, 6.07) is 9.91. The Hall–Kier alpha value is -1.88. The Labute approximate surface area is 148 Å². The first-order valence-corrected chi connectivity index (χ1v) is 9.30. The molecule has 1 N–H and O–H groups in total. The van der Waals surface area contributed by atoms with Crippen molar-refractivity contribution in [3.8, 4) is 0 Å². The lowest BCUT2D eigenvalue weighted by molar-refractivity contribution is -0.150. The number of carbonyl (C=O) groups is 2. The van der Waals surface area contributed by atoms with E-state index < -0.39 is 11.4 Å². The minimum Gasteiger partial charge on any atom is -0.481 e. The maximum atomic E-state index is 13.2. The van der Waals surface area contributed by atoms with E-state index in [1.807, 2.05) is 35.2 Å². The predicted octanol–water partition coefficient (Wildman–Crippen LogP) is 2.87. The van der Waals surface area contributed by atoms with Crippen molar-refractivity contribution in [1.82, 2.24) is 4.90 Å². The van der Waals surface area contributed by atoms with Gasteiger partial charge in [0.2, 0.25) is 5.91 Å². The molecule has 1 amide bonds. The van der Waals surface area contributed by atoms with Gasteiger partial charge in [0.15, 0.2) is 0 Å². The van der Waals surface area contributed by atoms with Crippen LogP contribution in [0.25, 0.3) is 0 Å². The number of hydrogen-bond acceptors (Lipinski definition) is 3. The van der Waals surface area contributed by atoms with Crippen molar-refractivity contribution >= 4 is 11.9 Å². The van der Waals surface area contributed by atoms with E-state index in [-0.39, 0.29) is 23.8 Å². The van der Waals surface area contributed by atoms with Gasteiger partial charge in [0, 0.05) is 19.7 Å². The van der Waals surface area contributed by atoms with E-state index in [1.165, 1.54) is 0 Å². The molecule has 2 heterocycles. The van der Waals surface area contributed by atoms with Crippen LogP contribution in [0.15, 0.2) is 30.3 Å². The zero-order valence-electron chi connectivity index (χ0n) is 14.4. The van der Waals surface area contributed by atoms with Crippen molar-refractivity contribution in [2.45, 2.75) is 38.2 Å². The molecule has 0 aromatic heterocycles. The maximum absolute atomic E-state index is 13.2. The van der Waals surface area contributed by atoms with Gasteiger partial charge in [-0.15, -0.1) is 0 Å². The van der Waals surface area contributed by atoms with Crippen LogP contribution in [0, 0.1) is 17.3 Å². The second-order valence-electron chi connectivity index (χ2n) is 7.72. The van der Waals surface area contributed by atoms with Crippen LogP contribution in [0.3, 0.4) is 0 Å². The van der Waals surface area contributed by atoms with Crippen LogP contribution < -0.4 is 0 Å². The molecule has 1 aromatic rings. The van der Waals surface area contributed by atoms with Crippen molar-refractivity contribution in [2.24, 2.45) is 17.3 Å². The number of hydrogen-bond donors (Lipinski definition) is 1. The molecule has 3 fully saturated rings. The van der Waals surface area contributed by atoms with Crippen molar-refractivity contribution in [3.05, 3.63) is 35.9 Å². The molecule has 4 atom stereocenters. The van der Waals surface area contributed by atoms with E-state index in [1.54, 1.807) is 0 Å². The van der Waals surface area contributed by atoms with Crippen LogP contribution in [0.4, 0.5) is 0 Å². The van der Waals surface area contributed by atoms with E-state index in [2.05, 4.69) is 0 Å². The molecule has 3 aliphatic rings. The van der Waals surface area contributed by atoms with Crippen molar-refractivity contribution in [2.75, 3.05) is 19.7 Å². The van der Waals surface area contributed by atoms with Crippen molar-refractivity contribution in [1.29, 1.82) is 0 Å². The SMILES string of the molecule is O=C(C1CCCOC1c1ccccc1)N1C[C@@H]2CCC[C@@]2(C(=O)O)C1. The summed E-state index contributed by atoms with van der Waals surface area (Å²) < 4.78 is 5.96. The second-order valence-corrected chi connectivity index (χ2v) is 7.72. The van der Waals surface area contributed by atoms with Gasteiger partial charge in [0.1, 0.15) is 0 Å². The number of ether oxygens (including phenoxy) is 1. The number of amides is 1. The smallest absolute Gasteiger partial charge is 0.311 e. The number of aliphatic carboxylic acids is 1. The Kier molecular flexibility index (Phi) is 4.28. The molecule has 1 saturated carbocycles. The average Bonchev–Trinajstić information content (AvgIpc) is 3.20. The fourth-order valence-electron chi connectivity index (χ4n) is 5.05. The van der Waals surface area contributed by atoms with Gasteiger partial charge in [-0.3, -0.25) is 9.59 Å². The fraction of sp³-hybridized carbons (Fsp3) is 0.600. The summed E-state index contributed by atoms with van der Waals surface area (Å²) in [4.78, 5) is 26.9. The number of fused-ring (bicyclic) bond motifs is 1. The van der Waals surface area contributed by atoms with Crippen LogP contribution in [-0.4, -0.2) is 41.6 Å². The molecular formula is C20H25NO4. The number of carboxylic acid groups (broad SMARTS) is 1. The lowest BCUT2D eigenvalue weighted by Crippen LogP contribution is -2.42. The summed E-state index contributed by atoms with van der Waals surface area (Å²) in [6.45, 7) is 1.62. The lowest BCUT2D eigenvalue weighted by atomic mass is 9.81. The quantitative estimate of drug-likeness (QED) is 0.916. The number of carboxylic acids is 1. The average molecular weight is 343 g/mol. The molecule has 1 aliphatic carbocycles. The summed E-state index contributed by atoms with van der Waals surface area (Å²) in [6.07, 6.45) is 4.03. The zero-order chi connectivity index (χ0) is 17.4. The summed E-state index contributed by atoms with van der Waals surface area (Å²) in [7, 11) is 0. The van der Waals surface area contributed by atoms with Gasteiger partial charge in [0.25, 0.3) is 0 Å². The maximum Gasteiger partial charge on any atom is 0.311 e. The third-order valence-electron chi connectivity index (χ3n) is 6.38. The van der Waals surface area contributed by atoms with Gasteiger partial charge in [0.05, 0.1) is 17.4 Å². The Bertz CT molecular complexity index is 661. The largest absolute Gasteiger partial charge is 0.481 e. The fourth-order valence-corrected chi connectivity index (χ4v) is 5.05. The Balaban J connectivity index is 1.55. The van der Waals surface area contributed by atoms with Crippen molar-refractivity contribution < 1.29 is 19.4 Å². The summed E-state index contributed by atoms with van der Waals surface area (Å²) >= 11 is 0. The van der Waals surface area contributed by atoms with Crippen LogP contribution in [-0.2, 0) is 14.3 Å². The van der Waals surface area contributed by atoms with Gasteiger partial charge in [-0.05, 0) is 37.2 Å². The molecule has 0 spiro atoms. The highest BCUT2D eigenvalue weighted by molar-refractivity contribution is 5.83. The number of rotatable bonds is 3. The molecule has 1 aromatic carbocycles.